The molecule has 1 fully saturated rings. The first kappa shape index (κ1) is 10.1. The van der Waals surface area contributed by atoms with Gasteiger partial charge in [-0.3, -0.25) is 0 Å². The summed E-state index contributed by atoms with van der Waals surface area (Å²) in [5, 5.41) is 2.94. The molecule has 0 aliphatic heterocycles. The van der Waals surface area contributed by atoms with Crippen LogP contribution in [0.15, 0.2) is 12.7 Å². The molecule has 0 saturated heterocycles. The van der Waals surface area contributed by atoms with Gasteiger partial charge in [0.2, 0.25) is 0 Å². The van der Waals surface area contributed by atoms with Crippen LogP contribution in [0.4, 0.5) is 4.79 Å². The third kappa shape index (κ3) is 3.97. The molecule has 0 aromatic carbocycles. The molecule has 0 atom stereocenters. The van der Waals surface area contributed by atoms with Crippen molar-refractivity contribution in [2.75, 3.05) is 13.6 Å². The lowest BCUT2D eigenvalue weighted by molar-refractivity contribution is 0.208. The minimum absolute atomic E-state index is 0.0616. The summed E-state index contributed by atoms with van der Waals surface area (Å²) in [6.07, 6.45) is 6.14. The van der Waals surface area contributed by atoms with Crippen molar-refractivity contribution in [2.45, 2.75) is 31.7 Å². The summed E-state index contributed by atoms with van der Waals surface area (Å²) < 4.78 is 0. The maximum atomic E-state index is 11.4. The molecule has 0 radical (unpaired) electrons. The standard InChI is InChI=1S/C10H18N2O/c1-3-4-5-8-12(2)10(13)11-9-6-7-9/h3,9H,1,4-8H2,2H3,(H,11,13). The highest BCUT2D eigenvalue weighted by Crippen LogP contribution is 2.18. The molecular weight excluding hydrogens is 164 g/mol. The Labute approximate surface area is 79.8 Å². The second-order valence-corrected chi connectivity index (χ2v) is 3.58. The number of hydrogen-bond acceptors (Lipinski definition) is 1. The average Bonchev–Trinajstić information content (AvgIpc) is 2.88. The van der Waals surface area contributed by atoms with E-state index in [9.17, 15) is 4.79 Å². The van der Waals surface area contributed by atoms with E-state index < -0.39 is 0 Å². The lowest BCUT2D eigenvalue weighted by Gasteiger charge is -2.17. The molecule has 0 spiro atoms. The van der Waals surface area contributed by atoms with Crippen LogP contribution in [0.25, 0.3) is 0 Å². The Kier molecular flexibility index (Phi) is 3.80. The van der Waals surface area contributed by atoms with E-state index in [1.165, 1.54) is 0 Å². The highest BCUT2D eigenvalue weighted by molar-refractivity contribution is 5.74. The minimum Gasteiger partial charge on any atom is -0.335 e. The first-order valence-electron chi connectivity index (χ1n) is 4.86. The summed E-state index contributed by atoms with van der Waals surface area (Å²) in [6, 6.07) is 0.515. The third-order valence-electron chi connectivity index (χ3n) is 2.15. The molecule has 74 valence electrons. The van der Waals surface area contributed by atoms with Gasteiger partial charge in [0.25, 0.3) is 0 Å². The zero-order valence-corrected chi connectivity index (χ0v) is 8.25. The topological polar surface area (TPSA) is 32.3 Å². The van der Waals surface area contributed by atoms with Gasteiger partial charge in [0, 0.05) is 19.6 Å². The van der Waals surface area contributed by atoms with Crippen molar-refractivity contribution in [1.82, 2.24) is 10.2 Å². The van der Waals surface area contributed by atoms with Crippen molar-refractivity contribution in [2.24, 2.45) is 0 Å². The number of nitrogens with one attached hydrogen (secondary N) is 1. The number of carbonyl (C=O) groups is 1. The predicted octanol–water partition coefficient (Wildman–Crippen LogP) is 1.76. The quantitative estimate of drug-likeness (QED) is 0.510. The summed E-state index contributed by atoms with van der Waals surface area (Å²) in [4.78, 5) is 13.1. The smallest absolute Gasteiger partial charge is 0.317 e. The lowest BCUT2D eigenvalue weighted by Crippen LogP contribution is -2.38. The van der Waals surface area contributed by atoms with Crippen LogP contribution in [-0.4, -0.2) is 30.6 Å². The van der Waals surface area contributed by atoms with Gasteiger partial charge < -0.3 is 10.2 Å². The van der Waals surface area contributed by atoms with E-state index in [-0.39, 0.29) is 6.03 Å². The molecule has 3 heteroatoms. The van der Waals surface area contributed by atoms with Crippen LogP contribution in [-0.2, 0) is 0 Å². The SMILES string of the molecule is C=CCCCN(C)C(=O)NC1CC1. The largest absolute Gasteiger partial charge is 0.335 e. The Balaban J connectivity index is 2.09. The van der Waals surface area contributed by atoms with Crippen molar-refractivity contribution in [3.63, 3.8) is 0 Å². The molecule has 13 heavy (non-hydrogen) atoms. The first-order valence-corrected chi connectivity index (χ1v) is 4.86. The summed E-state index contributed by atoms with van der Waals surface area (Å²) in [7, 11) is 1.83. The minimum atomic E-state index is 0.0616. The van der Waals surface area contributed by atoms with Gasteiger partial charge in [-0.1, -0.05) is 6.08 Å². The fourth-order valence-electron chi connectivity index (χ4n) is 1.09. The van der Waals surface area contributed by atoms with E-state index in [0.717, 1.165) is 32.2 Å². The maximum Gasteiger partial charge on any atom is 0.317 e. The number of amides is 2. The van der Waals surface area contributed by atoms with E-state index in [0.29, 0.717) is 6.04 Å². The molecule has 1 aliphatic carbocycles. The number of unbranched alkanes of at least 4 members (excludes halogenated alkanes) is 1. The van der Waals surface area contributed by atoms with Gasteiger partial charge >= 0.3 is 6.03 Å². The summed E-state index contributed by atoms with van der Waals surface area (Å²) in [5.41, 5.74) is 0. The van der Waals surface area contributed by atoms with Gasteiger partial charge in [0.05, 0.1) is 0 Å². The van der Waals surface area contributed by atoms with Crippen molar-refractivity contribution in [3.8, 4) is 0 Å². The Morgan fingerprint density at radius 2 is 2.38 bits per heavy atom. The van der Waals surface area contributed by atoms with Crippen LogP contribution >= 0.6 is 0 Å². The summed E-state index contributed by atoms with van der Waals surface area (Å²) >= 11 is 0. The van der Waals surface area contributed by atoms with Crippen LogP contribution in [0.3, 0.4) is 0 Å². The van der Waals surface area contributed by atoms with E-state index >= 15 is 0 Å². The molecule has 1 N–H and O–H groups in total. The lowest BCUT2D eigenvalue weighted by atomic mass is 10.3. The zero-order valence-electron chi connectivity index (χ0n) is 8.25. The van der Waals surface area contributed by atoms with Crippen LogP contribution in [0.1, 0.15) is 25.7 Å². The summed E-state index contributed by atoms with van der Waals surface area (Å²) in [6.45, 7) is 4.45. The average molecular weight is 182 g/mol. The van der Waals surface area contributed by atoms with Gasteiger partial charge in [0.15, 0.2) is 0 Å². The van der Waals surface area contributed by atoms with E-state index in [2.05, 4.69) is 11.9 Å². The highest BCUT2D eigenvalue weighted by atomic mass is 16.2. The molecule has 0 unspecified atom stereocenters. The number of rotatable bonds is 5. The second-order valence-electron chi connectivity index (χ2n) is 3.58. The maximum absolute atomic E-state index is 11.4. The highest BCUT2D eigenvalue weighted by Gasteiger charge is 2.24. The Bertz CT molecular complexity index is 187. The van der Waals surface area contributed by atoms with Crippen LogP contribution in [0.5, 0.6) is 0 Å². The molecule has 3 nitrogen and oxygen atoms in total. The van der Waals surface area contributed by atoms with Gasteiger partial charge in [-0.15, -0.1) is 6.58 Å². The third-order valence-corrected chi connectivity index (χ3v) is 2.15. The first-order chi connectivity index (χ1) is 6.24. The molecule has 0 aromatic rings. The second kappa shape index (κ2) is 4.90. The zero-order chi connectivity index (χ0) is 9.68. The van der Waals surface area contributed by atoms with Gasteiger partial charge in [0.1, 0.15) is 0 Å². The normalized spacial score (nSPS) is 15.2. The number of nitrogens with zero attached hydrogens (tertiary/aromatic N) is 1. The van der Waals surface area contributed by atoms with E-state index in [1.54, 1.807) is 4.90 Å². The molecule has 1 saturated carbocycles. The molecule has 2 amide bonds. The van der Waals surface area contributed by atoms with Crippen molar-refractivity contribution < 1.29 is 4.79 Å². The van der Waals surface area contributed by atoms with Gasteiger partial charge in [-0.2, -0.15) is 0 Å². The van der Waals surface area contributed by atoms with Crippen molar-refractivity contribution in [1.29, 1.82) is 0 Å². The number of urea groups is 1. The van der Waals surface area contributed by atoms with Crippen molar-refractivity contribution >= 4 is 6.03 Å². The van der Waals surface area contributed by atoms with Crippen LogP contribution in [0, 0.1) is 0 Å². The predicted molar refractivity (Wildman–Crippen MR) is 53.6 cm³/mol. The Morgan fingerprint density at radius 1 is 1.69 bits per heavy atom. The Morgan fingerprint density at radius 3 is 2.92 bits per heavy atom. The molecular formula is C10H18N2O. The fourth-order valence-corrected chi connectivity index (χ4v) is 1.09. The molecule has 0 aromatic heterocycles. The molecule has 1 aliphatic rings. The Hall–Kier alpha value is -0.990. The van der Waals surface area contributed by atoms with Crippen LogP contribution < -0.4 is 5.32 Å². The van der Waals surface area contributed by atoms with Gasteiger partial charge in [-0.05, 0) is 25.7 Å². The number of allylic oxidation sites excluding steroid dienone is 1. The molecule has 1 rings (SSSR count). The number of hydrogen-bond donors (Lipinski definition) is 1. The molecule has 0 bridgehead atoms. The van der Waals surface area contributed by atoms with Gasteiger partial charge in [-0.25, -0.2) is 4.79 Å². The van der Waals surface area contributed by atoms with Crippen LogP contribution in [0.2, 0.25) is 0 Å². The van der Waals surface area contributed by atoms with Crippen molar-refractivity contribution in [3.05, 3.63) is 12.7 Å². The van der Waals surface area contributed by atoms with E-state index in [4.69, 9.17) is 0 Å². The number of carbonyl (C=O) groups excluding carboxylic acids is 1. The summed E-state index contributed by atoms with van der Waals surface area (Å²) in [5.74, 6) is 0. The molecule has 0 heterocycles. The fraction of sp³-hybridized carbons (Fsp3) is 0.700. The van der Waals surface area contributed by atoms with E-state index in [1.807, 2.05) is 13.1 Å². The monoisotopic (exact) mass is 182 g/mol.